The largest absolute Gasteiger partial charge is 0.495 e. The monoisotopic (exact) mass is 480 g/mol. The SMILES string of the molecule is COc1ccc(NC(=O)CSc2ccc(F)cc2)cc1S(=O)(=O)Nc1ccccc1Cl. The van der Waals surface area contributed by atoms with Gasteiger partial charge in [-0.1, -0.05) is 23.7 Å². The molecular formula is C21H18ClFN2O4S2. The predicted octanol–water partition coefficient (Wildman–Crippen LogP) is 5.02. The number of rotatable bonds is 8. The molecule has 0 saturated carbocycles. The van der Waals surface area contributed by atoms with Crippen LogP contribution in [-0.4, -0.2) is 27.2 Å². The van der Waals surface area contributed by atoms with Gasteiger partial charge in [-0.05, 0) is 54.6 Å². The molecule has 3 rings (SSSR count). The van der Waals surface area contributed by atoms with Gasteiger partial charge in [0.15, 0.2) is 0 Å². The van der Waals surface area contributed by atoms with E-state index in [0.717, 1.165) is 4.90 Å². The number of hydrogen-bond donors (Lipinski definition) is 2. The van der Waals surface area contributed by atoms with Crippen molar-refractivity contribution in [2.45, 2.75) is 9.79 Å². The first-order valence-corrected chi connectivity index (χ1v) is 11.8. The summed E-state index contributed by atoms with van der Waals surface area (Å²) in [6.07, 6.45) is 0. The summed E-state index contributed by atoms with van der Waals surface area (Å²) in [6.45, 7) is 0. The lowest BCUT2D eigenvalue weighted by Gasteiger charge is -2.14. The third-order valence-electron chi connectivity index (χ3n) is 4.04. The molecule has 162 valence electrons. The van der Waals surface area contributed by atoms with Gasteiger partial charge in [0, 0.05) is 10.6 Å². The Morgan fingerprint density at radius 3 is 2.48 bits per heavy atom. The first kappa shape index (κ1) is 22.9. The molecule has 0 heterocycles. The summed E-state index contributed by atoms with van der Waals surface area (Å²) in [5.41, 5.74) is 0.501. The molecule has 6 nitrogen and oxygen atoms in total. The third-order valence-corrected chi connectivity index (χ3v) is 6.77. The first-order chi connectivity index (χ1) is 14.8. The molecule has 2 N–H and O–H groups in total. The summed E-state index contributed by atoms with van der Waals surface area (Å²) in [4.78, 5) is 12.9. The molecule has 0 radical (unpaired) electrons. The minimum Gasteiger partial charge on any atom is -0.495 e. The van der Waals surface area contributed by atoms with Crippen LogP contribution in [0.1, 0.15) is 0 Å². The number of benzene rings is 3. The number of methoxy groups -OCH3 is 1. The summed E-state index contributed by atoms with van der Waals surface area (Å²) < 4.78 is 46.4. The zero-order chi connectivity index (χ0) is 22.4. The molecular weight excluding hydrogens is 463 g/mol. The number of sulfonamides is 1. The van der Waals surface area contributed by atoms with E-state index in [2.05, 4.69) is 10.0 Å². The van der Waals surface area contributed by atoms with Gasteiger partial charge in [0.05, 0.1) is 23.6 Å². The average Bonchev–Trinajstić information content (AvgIpc) is 2.75. The Bertz CT molecular complexity index is 1190. The molecule has 10 heteroatoms. The van der Waals surface area contributed by atoms with Gasteiger partial charge in [-0.2, -0.15) is 0 Å². The predicted molar refractivity (Wildman–Crippen MR) is 121 cm³/mol. The second-order valence-electron chi connectivity index (χ2n) is 6.24. The second-order valence-corrected chi connectivity index (χ2v) is 9.35. The van der Waals surface area contributed by atoms with Crippen LogP contribution in [-0.2, 0) is 14.8 Å². The lowest BCUT2D eigenvalue weighted by Crippen LogP contribution is -2.17. The molecule has 0 aromatic heterocycles. The molecule has 0 saturated heterocycles. The Labute approximate surface area is 188 Å². The van der Waals surface area contributed by atoms with Crippen molar-refractivity contribution in [2.75, 3.05) is 22.9 Å². The summed E-state index contributed by atoms with van der Waals surface area (Å²) in [6, 6.07) is 16.5. The minimum absolute atomic E-state index is 0.0671. The maximum atomic E-state index is 13.0. The van der Waals surface area contributed by atoms with Crippen LogP contribution in [0.25, 0.3) is 0 Å². The molecule has 0 aliphatic carbocycles. The molecule has 3 aromatic carbocycles. The fraction of sp³-hybridized carbons (Fsp3) is 0.0952. The second kappa shape index (κ2) is 10.0. The summed E-state index contributed by atoms with van der Waals surface area (Å²) in [5.74, 6) is -0.524. The van der Waals surface area contributed by atoms with Gasteiger partial charge in [-0.15, -0.1) is 11.8 Å². The topological polar surface area (TPSA) is 84.5 Å². The van der Waals surface area contributed by atoms with Crippen LogP contribution >= 0.6 is 23.4 Å². The smallest absolute Gasteiger partial charge is 0.265 e. The van der Waals surface area contributed by atoms with Crippen molar-refractivity contribution in [3.8, 4) is 5.75 Å². The van der Waals surface area contributed by atoms with Crippen molar-refractivity contribution in [3.05, 3.63) is 77.6 Å². The summed E-state index contributed by atoms with van der Waals surface area (Å²) in [7, 11) is -2.70. The van der Waals surface area contributed by atoms with E-state index >= 15 is 0 Å². The van der Waals surface area contributed by atoms with E-state index < -0.39 is 10.0 Å². The van der Waals surface area contributed by atoms with Gasteiger partial charge in [0.1, 0.15) is 16.5 Å². The number of thioether (sulfide) groups is 1. The Kier molecular flexibility index (Phi) is 7.42. The van der Waals surface area contributed by atoms with Crippen LogP contribution in [0, 0.1) is 5.82 Å². The molecule has 0 aliphatic heterocycles. The van der Waals surface area contributed by atoms with Crippen LogP contribution in [0.4, 0.5) is 15.8 Å². The van der Waals surface area contributed by atoms with Crippen molar-refractivity contribution in [3.63, 3.8) is 0 Å². The van der Waals surface area contributed by atoms with Gasteiger partial charge < -0.3 is 10.1 Å². The number of halogens is 2. The Morgan fingerprint density at radius 2 is 1.81 bits per heavy atom. The van der Waals surface area contributed by atoms with Crippen LogP contribution < -0.4 is 14.8 Å². The molecule has 3 aromatic rings. The molecule has 31 heavy (non-hydrogen) atoms. The third kappa shape index (κ3) is 6.13. The molecule has 0 atom stereocenters. The van der Waals surface area contributed by atoms with Crippen LogP contribution in [0.3, 0.4) is 0 Å². The van der Waals surface area contributed by atoms with Gasteiger partial charge in [-0.3, -0.25) is 9.52 Å². The number of carbonyl (C=O) groups excluding carboxylic acids is 1. The number of hydrogen-bond acceptors (Lipinski definition) is 5. The lowest BCUT2D eigenvalue weighted by molar-refractivity contribution is -0.113. The highest BCUT2D eigenvalue weighted by Crippen LogP contribution is 2.31. The highest BCUT2D eigenvalue weighted by Gasteiger charge is 2.22. The number of anilines is 2. The summed E-state index contributed by atoms with van der Waals surface area (Å²) in [5, 5.41) is 2.90. The van der Waals surface area contributed by atoms with E-state index in [4.69, 9.17) is 16.3 Å². The van der Waals surface area contributed by atoms with Gasteiger partial charge in [0.2, 0.25) is 5.91 Å². The zero-order valence-corrected chi connectivity index (χ0v) is 18.7. The van der Waals surface area contributed by atoms with Crippen LogP contribution in [0.5, 0.6) is 5.75 Å². The van der Waals surface area contributed by atoms with Crippen molar-refractivity contribution in [2.24, 2.45) is 0 Å². The Morgan fingerprint density at radius 1 is 1.10 bits per heavy atom. The highest BCUT2D eigenvalue weighted by atomic mass is 35.5. The Hall–Kier alpha value is -2.75. The lowest BCUT2D eigenvalue weighted by atomic mass is 10.3. The van der Waals surface area contributed by atoms with E-state index in [9.17, 15) is 17.6 Å². The number of carbonyl (C=O) groups is 1. The van der Waals surface area contributed by atoms with E-state index in [1.54, 1.807) is 30.3 Å². The summed E-state index contributed by atoms with van der Waals surface area (Å²) >= 11 is 7.28. The Balaban J connectivity index is 1.75. The fourth-order valence-electron chi connectivity index (χ4n) is 2.58. The van der Waals surface area contributed by atoms with E-state index in [0.29, 0.717) is 0 Å². The molecule has 0 unspecified atom stereocenters. The maximum Gasteiger partial charge on any atom is 0.265 e. The minimum atomic E-state index is -4.05. The van der Waals surface area contributed by atoms with Crippen LogP contribution in [0.15, 0.2) is 76.5 Å². The van der Waals surface area contributed by atoms with Gasteiger partial charge >= 0.3 is 0 Å². The molecule has 1 amide bonds. The highest BCUT2D eigenvalue weighted by molar-refractivity contribution is 8.00. The molecule has 0 spiro atoms. The standard InChI is InChI=1S/C21H18ClFN2O4S2/c1-29-19-11-8-15(24-21(26)13-30-16-9-6-14(23)7-10-16)12-20(19)31(27,28)25-18-5-3-2-4-17(18)22/h2-12,25H,13H2,1H3,(H,24,26). The van der Waals surface area contributed by atoms with E-state index in [1.807, 2.05) is 0 Å². The van der Waals surface area contributed by atoms with Crippen molar-refractivity contribution < 1.29 is 22.3 Å². The van der Waals surface area contributed by atoms with Gasteiger partial charge in [0.25, 0.3) is 10.0 Å². The zero-order valence-electron chi connectivity index (χ0n) is 16.3. The number of ether oxygens (including phenoxy) is 1. The molecule has 0 bridgehead atoms. The van der Waals surface area contributed by atoms with E-state index in [-0.39, 0.29) is 44.5 Å². The first-order valence-electron chi connectivity index (χ1n) is 8.92. The maximum absolute atomic E-state index is 13.0. The van der Waals surface area contributed by atoms with Gasteiger partial charge in [-0.25, -0.2) is 12.8 Å². The molecule has 0 fully saturated rings. The number of amides is 1. The quantitative estimate of drug-likeness (QED) is 0.442. The number of nitrogens with one attached hydrogen (secondary N) is 2. The van der Waals surface area contributed by atoms with E-state index in [1.165, 1.54) is 55.3 Å². The van der Waals surface area contributed by atoms with Crippen molar-refractivity contribution in [1.29, 1.82) is 0 Å². The molecule has 0 aliphatic rings. The van der Waals surface area contributed by atoms with Crippen molar-refractivity contribution >= 4 is 50.7 Å². The number of para-hydroxylation sites is 1. The van der Waals surface area contributed by atoms with Crippen molar-refractivity contribution in [1.82, 2.24) is 0 Å². The average molecular weight is 481 g/mol. The van der Waals surface area contributed by atoms with Crippen LogP contribution in [0.2, 0.25) is 5.02 Å². The fourth-order valence-corrected chi connectivity index (χ4v) is 4.80. The normalized spacial score (nSPS) is 11.1.